The maximum Gasteiger partial charge on any atom is 0.261 e. The van der Waals surface area contributed by atoms with E-state index in [0.717, 1.165) is 16.7 Å². The third-order valence-corrected chi connectivity index (χ3v) is 8.77. The minimum atomic E-state index is -1.37. The SMILES string of the molecule is Nc1ncnc2c1nc(NCc1ccc(-c3ccccc3)c(OCCCCN3C(=O)c4ccccc4C3=O)c1)n2[C@@H]1O[C@H](CO)[C@@H](O)[C@H]1O. The Morgan fingerprint density at radius 2 is 1.63 bits per heavy atom. The van der Waals surface area contributed by atoms with E-state index in [1.165, 1.54) is 15.8 Å². The molecular formula is C35H35N7O7. The second-order valence-electron chi connectivity index (χ2n) is 11.9. The molecule has 0 saturated carbocycles. The number of aliphatic hydroxyl groups is 3. The average molecular weight is 666 g/mol. The molecule has 49 heavy (non-hydrogen) atoms. The summed E-state index contributed by atoms with van der Waals surface area (Å²) in [7, 11) is 0. The number of imidazole rings is 1. The van der Waals surface area contributed by atoms with Crippen molar-refractivity contribution in [3.8, 4) is 16.9 Å². The predicted octanol–water partition coefficient (Wildman–Crippen LogP) is 2.75. The molecule has 0 spiro atoms. The van der Waals surface area contributed by atoms with Crippen LogP contribution in [0, 0.1) is 0 Å². The smallest absolute Gasteiger partial charge is 0.261 e. The van der Waals surface area contributed by atoms with Gasteiger partial charge in [0.2, 0.25) is 5.95 Å². The number of rotatable bonds is 12. The Morgan fingerprint density at radius 1 is 0.898 bits per heavy atom. The zero-order chi connectivity index (χ0) is 34.1. The van der Waals surface area contributed by atoms with Crippen LogP contribution in [0.1, 0.15) is 45.3 Å². The van der Waals surface area contributed by atoms with Gasteiger partial charge in [-0.2, -0.15) is 0 Å². The fourth-order valence-electron chi connectivity index (χ4n) is 6.22. The number of carbonyl (C=O) groups is 2. The lowest BCUT2D eigenvalue weighted by Gasteiger charge is -2.20. The van der Waals surface area contributed by atoms with Gasteiger partial charge >= 0.3 is 0 Å². The van der Waals surface area contributed by atoms with Crippen molar-refractivity contribution in [2.24, 2.45) is 0 Å². The zero-order valence-corrected chi connectivity index (χ0v) is 26.3. The first-order valence-electron chi connectivity index (χ1n) is 16.0. The molecule has 1 fully saturated rings. The Morgan fingerprint density at radius 3 is 2.35 bits per heavy atom. The van der Waals surface area contributed by atoms with E-state index < -0.39 is 31.1 Å². The zero-order valence-electron chi connectivity index (χ0n) is 26.3. The second kappa shape index (κ2) is 13.6. The molecule has 14 nitrogen and oxygen atoms in total. The van der Waals surface area contributed by atoms with Gasteiger partial charge in [-0.25, -0.2) is 15.0 Å². The topological polar surface area (TPSA) is 198 Å². The van der Waals surface area contributed by atoms with E-state index in [1.807, 2.05) is 48.5 Å². The minimum Gasteiger partial charge on any atom is -0.493 e. The van der Waals surface area contributed by atoms with Crippen molar-refractivity contribution in [2.45, 2.75) is 43.9 Å². The number of hydrogen-bond acceptors (Lipinski definition) is 12. The highest BCUT2D eigenvalue weighted by molar-refractivity contribution is 6.21. The van der Waals surface area contributed by atoms with Crippen molar-refractivity contribution in [1.82, 2.24) is 24.4 Å². The fourth-order valence-corrected chi connectivity index (χ4v) is 6.22. The van der Waals surface area contributed by atoms with Crippen LogP contribution in [-0.2, 0) is 11.3 Å². The first kappa shape index (κ1) is 32.2. The number of carbonyl (C=O) groups excluding carboxylic acids is 2. The molecule has 2 aliphatic rings. The number of nitrogens with zero attached hydrogens (tertiary/aromatic N) is 5. The van der Waals surface area contributed by atoms with Gasteiger partial charge in [0.05, 0.1) is 24.3 Å². The third kappa shape index (κ3) is 6.06. The maximum atomic E-state index is 12.7. The van der Waals surface area contributed by atoms with E-state index in [9.17, 15) is 24.9 Å². The van der Waals surface area contributed by atoms with Crippen molar-refractivity contribution < 1.29 is 34.4 Å². The third-order valence-electron chi connectivity index (χ3n) is 8.77. The first-order chi connectivity index (χ1) is 23.9. The standard InChI is InChI=1S/C35H35N7O7/c36-30-27-31(39-19-38-30)42(34-29(45)28(44)26(18-43)49-34)35(40-27)37-17-20-12-13-22(21-8-2-1-3-9-21)25(16-20)48-15-7-6-14-41-32(46)23-10-4-5-11-24(23)33(41)47/h1-5,8-13,16,19,26,28-29,34,43-45H,6-7,14-15,17-18H2,(H,37,40)(H2,36,38,39)/t26-,28-,29-,34-/m1/s1. The lowest BCUT2D eigenvalue weighted by Crippen LogP contribution is -2.33. The van der Waals surface area contributed by atoms with Crippen LogP contribution in [0.4, 0.5) is 11.8 Å². The van der Waals surface area contributed by atoms with E-state index in [2.05, 4.69) is 20.3 Å². The van der Waals surface area contributed by atoms with E-state index in [1.54, 1.807) is 24.3 Å². The van der Waals surface area contributed by atoms with Crippen LogP contribution < -0.4 is 15.8 Å². The molecule has 252 valence electrons. The summed E-state index contributed by atoms with van der Waals surface area (Å²) in [4.78, 5) is 39.6. The van der Waals surface area contributed by atoms with Crippen molar-refractivity contribution in [1.29, 1.82) is 0 Å². The van der Waals surface area contributed by atoms with Crippen LogP contribution in [0.5, 0.6) is 5.75 Å². The van der Waals surface area contributed by atoms with Gasteiger partial charge in [-0.15, -0.1) is 0 Å². The molecule has 1 saturated heterocycles. The molecule has 7 rings (SSSR count). The second-order valence-corrected chi connectivity index (χ2v) is 11.9. The number of amides is 2. The monoisotopic (exact) mass is 665 g/mol. The number of nitrogens with two attached hydrogens (primary N) is 1. The highest BCUT2D eigenvalue weighted by Gasteiger charge is 2.45. The summed E-state index contributed by atoms with van der Waals surface area (Å²) in [5, 5.41) is 34.2. The molecule has 2 aliphatic heterocycles. The summed E-state index contributed by atoms with van der Waals surface area (Å²) < 4.78 is 13.6. The molecule has 0 aliphatic carbocycles. The van der Waals surface area contributed by atoms with E-state index in [0.29, 0.717) is 42.9 Å². The molecule has 2 amide bonds. The van der Waals surface area contributed by atoms with E-state index in [4.69, 9.17) is 15.2 Å². The number of benzene rings is 3. The van der Waals surface area contributed by atoms with Gasteiger partial charge in [-0.05, 0) is 42.2 Å². The van der Waals surface area contributed by atoms with Gasteiger partial charge in [-0.1, -0.05) is 54.6 Å². The van der Waals surface area contributed by atoms with Gasteiger partial charge in [0.1, 0.15) is 30.4 Å². The Kier molecular flexibility index (Phi) is 8.93. The number of aliphatic hydroxyl groups excluding tert-OH is 3. The molecular weight excluding hydrogens is 630 g/mol. The van der Waals surface area contributed by atoms with Crippen LogP contribution >= 0.6 is 0 Å². The average Bonchev–Trinajstić information content (AvgIpc) is 3.72. The largest absolute Gasteiger partial charge is 0.493 e. The van der Waals surface area contributed by atoms with Crippen LogP contribution in [0.15, 0.2) is 79.1 Å². The predicted molar refractivity (Wildman–Crippen MR) is 178 cm³/mol. The summed E-state index contributed by atoms with van der Waals surface area (Å²) in [5.74, 6) is 0.507. The molecule has 14 heteroatoms. The van der Waals surface area contributed by atoms with Crippen molar-refractivity contribution in [3.05, 3.63) is 95.8 Å². The fraction of sp³-hybridized carbons (Fsp3) is 0.286. The van der Waals surface area contributed by atoms with Gasteiger partial charge in [0, 0.05) is 18.7 Å². The van der Waals surface area contributed by atoms with Crippen molar-refractivity contribution in [3.63, 3.8) is 0 Å². The van der Waals surface area contributed by atoms with Crippen LogP contribution in [0.25, 0.3) is 22.3 Å². The molecule has 4 atom stereocenters. The highest BCUT2D eigenvalue weighted by atomic mass is 16.6. The van der Waals surface area contributed by atoms with Gasteiger partial charge in [0.15, 0.2) is 23.2 Å². The summed E-state index contributed by atoms with van der Waals surface area (Å²) in [6, 6.07) is 22.5. The number of unbranched alkanes of at least 4 members (excludes halogenated alkanes) is 1. The Bertz CT molecular complexity index is 1970. The van der Waals surface area contributed by atoms with Gasteiger partial charge < -0.3 is 35.8 Å². The first-order valence-corrected chi connectivity index (χ1v) is 16.0. The van der Waals surface area contributed by atoms with E-state index in [-0.39, 0.29) is 41.3 Å². The molecule has 0 bridgehead atoms. The van der Waals surface area contributed by atoms with Crippen molar-refractivity contribution >= 4 is 34.7 Å². The lowest BCUT2D eigenvalue weighted by molar-refractivity contribution is -0.0501. The molecule has 2 aromatic heterocycles. The number of nitrogen functional groups attached to an aromatic ring is 1. The molecule has 3 aromatic carbocycles. The highest BCUT2D eigenvalue weighted by Crippen LogP contribution is 2.36. The maximum absolute atomic E-state index is 12.7. The molecule has 0 radical (unpaired) electrons. The number of fused-ring (bicyclic) bond motifs is 2. The van der Waals surface area contributed by atoms with Crippen molar-refractivity contribution in [2.75, 3.05) is 30.8 Å². The Labute approximate surface area is 280 Å². The number of ether oxygens (including phenoxy) is 2. The lowest BCUT2D eigenvalue weighted by atomic mass is 10.0. The summed E-state index contributed by atoms with van der Waals surface area (Å²) in [6.07, 6.45) is -2.33. The number of anilines is 2. The van der Waals surface area contributed by atoms with Gasteiger partial charge in [0.25, 0.3) is 11.8 Å². The molecule has 0 unspecified atom stereocenters. The normalized spacial score (nSPS) is 20.3. The van der Waals surface area contributed by atoms with Gasteiger partial charge in [-0.3, -0.25) is 19.1 Å². The Balaban J connectivity index is 1.07. The number of nitrogens with one attached hydrogen (secondary N) is 1. The van der Waals surface area contributed by atoms with Crippen LogP contribution in [-0.4, -0.2) is 89.6 Å². The molecule has 5 aromatic rings. The number of aromatic nitrogens is 4. The van der Waals surface area contributed by atoms with E-state index >= 15 is 0 Å². The number of imide groups is 1. The summed E-state index contributed by atoms with van der Waals surface area (Å²) in [5.41, 5.74) is 10.3. The molecule has 6 N–H and O–H groups in total. The number of hydrogen-bond donors (Lipinski definition) is 5. The molecule has 4 heterocycles. The Hall–Kier alpha value is -5.41. The minimum absolute atomic E-state index is 0.129. The summed E-state index contributed by atoms with van der Waals surface area (Å²) >= 11 is 0. The quantitative estimate of drug-likeness (QED) is 0.0966. The van der Waals surface area contributed by atoms with Crippen LogP contribution in [0.2, 0.25) is 0 Å². The summed E-state index contributed by atoms with van der Waals surface area (Å²) in [6.45, 7) is 0.451. The van der Waals surface area contributed by atoms with Crippen LogP contribution in [0.3, 0.4) is 0 Å².